The van der Waals surface area contributed by atoms with Crippen LogP contribution in [-0.2, 0) is 16.6 Å². The van der Waals surface area contributed by atoms with Gasteiger partial charge in [-0.05, 0) is 18.7 Å². The van der Waals surface area contributed by atoms with Crippen molar-refractivity contribution in [1.82, 2.24) is 5.09 Å². The maximum atomic E-state index is 10.8. The monoisotopic (exact) mass is 293 g/mol. The lowest BCUT2D eigenvalue weighted by Crippen LogP contribution is -2.32. The summed E-state index contributed by atoms with van der Waals surface area (Å²) in [5.74, 6) is -0.200. The first-order valence-electron chi connectivity index (χ1n) is 2.46. The molecule has 0 aliphatic rings. The van der Waals surface area contributed by atoms with Crippen LogP contribution in [0.1, 0.15) is 6.92 Å². The number of rotatable bonds is 2. The fourth-order valence-corrected chi connectivity index (χ4v) is 1.47. The molecule has 0 rings (SSSR count). The van der Waals surface area contributed by atoms with E-state index in [0.717, 1.165) is 0 Å². The summed E-state index contributed by atoms with van der Waals surface area (Å²) in [5.41, 5.74) is 10.5. The quantitative estimate of drug-likeness (QED) is 0.382. The summed E-state index contributed by atoms with van der Waals surface area (Å²) in [4.78, 5) is 10.8. The van der Waals surface area contributed by atoms with Gasteiger partial charge < -0.3 is 5.09 Å². The highest BCUT2D eigenvalue weighted by Crippen LogP contribution is 2.18. The number of amides is 1. The second-order valence-electron chi connectivity index (χ2n) is 1.80. The number of hydrogen-bond acceptors (Lipinski definition) is 2. The van der Waals surface area contributed by atoms with Gasteiger partial charge in [-0.15, -0.1) is 0 Å². The second kappa shape index (κ2) is 3.96. The average molecular weight is 293 g/mol. The zero-order valence-corrected chi connectivity index (χ0v) is 9.24. The van der Waals surface area contributed by atoms with Gasteiger partial charge in [0.05, 0.1) is 3.92 Å². The molecule has 0 fully saturated rings. The molecule has 7 heteroatoms. The molecule has 0 bridgehead atoms. The Labute approximate surface area is 78.4 Å². The Morgan fingerprint density at radius 1 is 1.80 bits per heavy atom. The van der Waals surface area contributed by atoms with E-state index in [1.807, 2.05) is 22.6 Å². The van der Waals surface area contributed by atoms with Crippen LogP contribution in [0.2, 0.25) is 0 Å². The van der Waals surface area contributed by atoms with E-state index in [9.17, 15) is 4.79 Å². The lowest BCUT2D eigenvalue weighted by atomic mass is 10.5. The molecule has 0 aromatic rings. The van der Waals surface area contributed by atoms with E-state index < -0.39 is 6.49 Å². The Morgan fingerprint density at radius 2 is 2.20 bits per heavy atom. The zero-order valence-electron chi connectivity index (χ0n) is 5.37. The molecule has 0 heterocycles. The highest BCUT2D eigenvalue weighted by molar-refractivity contribution is 14.1. The molecular formula is C3H9IN3OPS. The maximum Gasteiger partial charge on any atom is 0.238 e. The third-order valence-corrected chi connectivity index (χ3v) is 2.06. The molecular weight excluding hydrogens is 284 g/mol. The van der Waals surface area contributed by atoms with Gasteiger partial charge in [-0.25, -0.2) is 0 Å². The van der Waals surface area contributed by atoms with Gasteiger partial charge in [-0.1, -0.05) is 22.6 Å². The molecule has 0 aromatic heterocycles. The molecule has 0 saturated carbocycles. The van der Waals surface area contributed by atoms with Crippen molar-refractivity contribution in [1.29, 1.82) is 0 Å². The normalized spacial score (nSPS) is 14.4. The summed E-state index contributed by atoms with van der Waals surface area (Å²) < 4.78 is -0.146. The first-order chi connectivity index (χ1) is 4.33. The minimum atomic E-state index is -2.55. The molecule has 0 aliphatic carbocycles. The van der Waals surface area contributed by atoms with E-state index in [0.29, 0.717) is 0 Å². The van der Waals surface area contributed by atoms with Crippen LogP contribution in [0.4, 0.5) is 0 Å². The number of nitrogens with two attached hydrogens (primary N) is 2. The molecule has 10 heavy (non-hydrogen) atoms. The predicted molar refractivity (Wildman–Crippen MR) is 54.3 cm³/mol. The number of nitrogens with one attached hydrogen (secondary N) is 1. The van der Waals surface area contributed by atoms with Crippen LogP contribution in [0.15, 0.2) is 0 Å². The van der Waals surface area contributed by atoms with Crippen molar-refractivity contribution in [2.45, 2.75) is 10.8 Å². The third kappa shape index (κ3) is 5.55. The zero-order chi connectivity index (χ0) is 8.36. The number of hydrogen-bond donors (Lipinski definition) is 3. The van der Waals surface area contributed by atoms with E-state index in [2.05, 4.69) is 16.9 Å². The van der Waals surface area contributed by atoms with Gasteiger partial charge in [-0.2, -0.15) is 0 Å². The molecule has 1 unspecified atom stereocenters. The van der Waals surface area contributed by atoms with Gasteiger partial charge in [0.1, 0.15) is 0 Å². The second-order valence-corrected chi connectivity index (χ2v) is 7.12. The van der Waals surface area contributed by atoms with E-state index in [1.54, 1.807) is 6.92 Å². The Bertz CT molecular complexity index is 179. The number of alkyl halides is 1. The van der Waals surface area contributed by atoms with Crippen molar-refractivity contribution in [3.8, 4) is 0 Å². The Balaban J connectivity index is 3.94. The largest absolute Gasteiger partial charge is 0.305 e. The Hall–Kier alpha value is 0.770. The smallest absolute Gasteiger partial charge is 0.238 e. The van der Waals surface area contributed by atoms with Crippen molar-refractivity contribution >= 4 is 46.8 Å². The summed E-state index contributed by atoms with van der Waals surface area (Å²) in [6, 6.07) is 0. The van der Waals surface area contributed by atoms with Gasteiger partial charge in [0.2, 0.25) is 5.91 Å². The molecule has 60 valence electrons. The van der Waals surface area contributed by atoms with Gasteiger partial charge in [0.25, 0.3) is 0 Å². The van der Waals surface area contributed by atoms with Crippen molar-refractivity contribution in [3.05, 3.63) is 0 Å². The SMILES string of the molecule is CC(I)C(=O)NP(N)(N)=S. The first kappa shape index (κ1) is 10.8. The van der Waals surface area contributed by atoms with Crippen molar-refractivity contribution in [3.63, 3.8) is 0 Å². The van der Waals surface area contributed by atoms with Crippen LogP contribution in [-0.4, -0.2) is 9.83 Å². The number of carbonyl (C=O) groups excluding carboxylic acids is 1. The van der Waals surface area contributed by atoms with E-state index in [4.69, 9.17) is 11.0 Å². The van der Waals surface area contributed by atoms with Crippen LogP contribution < -0.4 is 16.1 Å². The van der Waals surface area contributed by atoms with Crippen LogP contribution in [0.5, 0.6) is 0 Å². The number of halogens is 1. The van der Waals surface area contributed by atoms with E-state index in [1.165, 1.54) is 0 Å². The lowest BCUT2D eigenvalue weighted by Gasteiger charge is -2.12. The molecule has 5 N–H and O–H groups in total. The molecule has 0 radical (unpaired) electrons. The summed E-state index contributed by atoms with van der Waals surface area (Å²) >= 11 is 6.57. The summed E-state index contributed by atoms with van der Waals surface area (Å²) in [6.07, 6.45) is 0. The molecule has 4 nitrogen and oxygen atoms in total. The minimum absolute atomic E-state index is 0.146. The van der Waals surface area contributed by atoms with Gasteiger partial charge in [-0.3, -0.25) is 15.8 Å². The summed E-state index contributed by atoms with van der Waals surface area (Å²) in [5, 5.41) is 2.35. The van der Waals surface area contributed by atoms with Gasteiger partial charge >= 0.3 is 0 Å². The molecule has 0 spiro atoms. The highest BCUT2D eigenvalue weighted by atomic mass is 127. The van der Waals surface area contributed by atoms with Crippen LogP contribution in [0.3, 0.4) is 0 Å². The van der Waals surface area contributed by atoms with Crippen molar-refractivity contribution in [2.24, 2.45) is 11.0 Å². The summed E-state index contributed by atoms with van der Waals surface area (Å²) in [7, 11) is 0. The highest BCUT2D eigenvalue weighted by Gasteiger charge is 2.12. The van der Waals surface area contributed by atoms with Gasteiger partial charge in [0.15, 0.2) is 6.49 Å². The van der Waals surface area contributed by atoms with E-state index in [-0.39, 0.29) is 9.83 Å². The first-order valence-corrected chi connectivity index (χ1v) is 6.65. The Kier molecular flexibility index (Phi) is 4.27. The van der Waals surface area contributed by atoms with Crippen molar-refractivity contribution < 1.29 is 4.79 Å². The predicted octanol–water partition coefficient (Wildman–Crippen LogP) is 0.0680. The molecule has 0 aliphatic heterocycles. The Morgan fingerprint density at radius 3 is 2.30 bits per heavy atom. The summed E-state index contributed by atoms with van der Waals surface area (Å²) in [6.45, 7) is -0.810. The molecule has 1 amide bonds. The minimum Gasteiger partial charge on any atom is -0.305 e. The van der Waals surface area contributed by atoms with E-state index >= 15 is 0 Å². The van der Waals surface area contributed by atoms with Crippen LogP contribution in [0.25, 0.3) is 0 Å². The lowest BCUT2D eigenvalue weighted by molar-refractivity contribution is -0.118. The standard InChI is InChI=1S/C3H9IN3OPS/c1-2(4)3(8)7-9(5,6)10/h2H,1H3,(H5,5,6,7,8,10). The van der Waals surface area contributed by atoms with Crippen LogP contribution >= 0.6 is 29.1 Å². The fourth-order valence-electron chi connectivity index (χ4n) is 0.261. The van der Waals surface area contributed by atoms with Crippen LogP contribution in [0, 0.1) is 0 Å². The third-order valence-electron chi connectivity index (χ3n) is 0.646. The fraction of sp³-hybridized carbons (Fsp3) is 0.667. The molecule has 0 saturated heterocycles. The van der Waals surface area contributed by atoms with Gasteiger partial charge in [0, 0.05) is 0 Å². The molecule has 1 atom stereocenters. The molecule has 0 aromatic carbocycles. The maximum absolute atomic E-state index is 10.8. The van der Waals surface area contributed by atoms with Crippen molar-refractivity contribution in [2.75, 3.05) is 0 Å². The topological polar surface area (TPSA) is 81.1 Å². The number of carbonyl (C=O) groups is 1. The average Bonchev–Trinajstić information content (AvgIpc) is 1.60.